The molecule has 0 bridgehead atoms. The maximum Gasteiger partial charge on any atom is 0.308 e. The first-order chi connectivity index (χ1) is 26.3. The van der Waals surface area contributed by atoms with Gasteiger partial charge in [0.1, 0.15) is 23.0 Å². The number of hydrogen-bond acceptors (Lipinski definition) is 6. The molecule has 2 amide bonds. The number of carbonyl (C=O) groups excluding carboxylic acids is 2. The second-order valence-corrected chi connectivity index (χ2v) is 14.7. The summed E-state index contributed by atoms with van der Waals surface area (Å²) in [7, 11) is 0. The summed E-state index contributed by atoms with van der Waals surface area (Å²) in [6.07, 6.45) is 6.67. The Balaban J connectivity index is 1.11. The lowest BCUT2D eigenvalue weighted by molar-refractivity contribution is -0.189. The van der Waals surface area contributed by atoms with Crippen molar-refractivity contribution in [3.05, 3.63) is 120 Å². The number of carbonyl (C=O) groups is 4. The van der Waals surface area contributed by atoms with E-state index in [4.69, 9.17) is 9.47 Å². The summed E-state index contributed by atoms with van der Waals surface area (Å²) in [4.78, 5) is 58.4. The highest BCUT2D eigenvalue weighted by molar-refractivity contribution is 5.99. The minimum atomic E-state index is -1.46. The van der Waals surface area contributed by atoms with Crippen molar-refractivity contribution >= 4 is 23.8 Å². The molecule has 4 aromatic rings. The molecule has 4 aromatic carbocycles. The molecule has 0 spiro atoms. The van der Waals surface area contributed by atoms with Crippen LogP contribution in [0.25, 0.3) is 0 Å². The normalized spacial score (nSPS) is 21.2. The van der Waals surface area contributed by atoms with Gasteiger partial charge >= 0.3 is 11.9 Å². The number of para-hydroxylation sites is 2. The topological polar surface area (TPSA) is 134 Å². The first-order valence-corrected chi connectivity index (χ1v) is 19.0. The number of ether oxygens (including phenoxy) is 2. The predicted octanol–water partition coefficient (Wildman–Crippen LogP) is 8.16. The highest BCUT2D eigenvalue weighted by Crippen LogP contribution is 2.50. The van der Waals surface area contributed by atoms with Crippen LogP contribution in [-0.4, -0.2) is 55.8 Å². The van der Waals surface area contributed by atoms with Gasteiger partial charge in [0.15, 0.2) is 0 Å². The highest BCUT2D eigenvalue weighted by Gasteiger charge is 2.65. The van der Waals surface area contributed by atoms with Gasteiger partial charge in [0.25, 0.3) is 0 Å². The van der Waals surface area contributed by atoms with E-state index in [1.165, 1.54) is 0 Å². The van der Waals surface area contributed by atoms with Gasteiger partial charge < -0.3 is 29.5 Å². The number of benzene rings is 4. The predicted molar refractivity (Wildman–Crippen MR) is 201 cm³/mol. The SMILES string of the molecule is O=C(O)C1C(C(=O)N(Cc2ccc(Oc3ccccc3)cc2)C2CCCC2)C(C(=O)O)C1C(=O)N(Cc1ccc(Oc2ccccc2)cc1)C1CCCC1. The minimum absolute atomic E-state index is 0.153. The average molecular weight is 731 g/mol. The van der Waals surface area contributed by atoms with Crippen molar-refractivity contribution in [2.24, 2.45) is 23.7 Å². The maximum absolute atomic E-state index is 14.5. The molecule has 10 nitrogen and oxygen atoms in total. The van der Waals surface area contributed by atoms with Crippen molar-refractivity contribution in [3.63, 3.8) is 0 Å². The fourth-order valence-corrected chi connectivity index (χ4v) is 8.53. The minimum Gasteiger partial charge on any atom is -0.481 e. The lowest BCUT2D eigenvalue weighted by Crippen LogP contribution is -2.65. The summed E-state index contributed by atoms with van der Waals surface area (Å²) in [5.74, 6) is -6.69. The van der Waals surface area contributed by atoms with Gasteiger partial charge in [-0.3, -0.25) is 19.2 Å². The molecule has 0 aliphatic heterocycles. The zero-order chi connectivity index (χ0) is 37.6. The highest BCUT2D eigenvalue weighted by atomic mass is 16.5. The summed E-state index contributed by atoms with van der Waals surface area (Å²) in [5.41, 5.74) is 1.63. The van der Waals surface area contributed by atoms with E-state index in [1.54, 1.807) is 9.80 Å². The number of aliphatic carboxylic acids is 2. The molecule has 3 fully saturated rings. The number of carboxylic acids is 2. The van der Waals surface area contributed by atoms with Crippen LogP contribution < -0.4 is 9.47 Å². The van der Waals surface area contributed by atoms with Gasteiger partial charge in [-0.2, -0.15) is 0 Å². The van der Waals surface area contributed by atoms with Crippen LogP contribution >= 0.6 is 0 Å². The first-order valence-electron chi connectivity index (χ1n) is 19.0. The van der Waals surface area contributed by atoms with E-state index in [1.807, 2.05) is 109 Å². The Kier molecular flexibility index (Phi) is 11.3. The van der Waals surface area contributed by atoms with E-state index < -0.39 is 47.4 Å². The van der Waals surface area contributed by atoms with Crippen LogP contribution in [0.4, 0.5) is 0 Å². The van der Waals surface area contributed by atoms with Crippen molar-refractivity contribution in [3.8, 4) is 23.0 Å². The molecule has 2 N–H and O–H groups in total. The molecule has 10 heteroatoms. The smallest absolute Gasteiger partial charge is 0.308 e. The molecule has 0 saturated heterocycles. The summed E-state index contributed by atoms with van der Waals surface area (Å²) in [6.45, 7) is 0.391. The Morgan fingerprint density at radius 3 is 1.09 bits per heavy atom. The van der Waals surface area contributed by atoms with E-state index in [9.17, 15) is 29.4 Å². The van der Waals surface area contributed by atoms with Crippen molar-refractivity contribution < 1.29 is 38.9 Å². The Labute approximate surface area is 315 Å². The average Bonchev–Trinajstić information content (AvgIpc) is 3.90. The van der Waals surface area contributed by atoms with Crippen molar-refractivity contribution in [2.75, 3.05) is 0 Å². The molecule has 0 aromatic heterocycles. The van der Waals surface area contributed by atoms with Crippen LogP contribution in [-0.2, 0) is 32.3 Å². The van der Waals surface area contributed by atoms with Gasteiger partial charge in [0, 0.05) is 25.2 Å². The number of nitrogens with zero attached hydrogens (tertiary/aromatic N) is 2. The molecule has 7 rings (SSSR count). The first kappa shape index (κ1) is 36.7. The van der Waals surface area contributed by atoms with Crippen LogP contribution in [0.2, 0.25) is 0 Å². The fourth-order valence-electron chi connectivity index (χ4n) is 8.53. The Morgan fingerprint density at radius 2 is 0.778 bits per heavy atom. The number of hydrogen-bond donors (Lipinski definition) is 2. The monoisotopic (exact) mass is 730 g/mol. The molecule has 3 aliphatic carbocycles. The van der Waals surface area contributed by atoms with Crippen LogP contribution in [0.5, 0.6) is 23.0 Å². The zero-order valence-electron chi connectivity index (χ0n) is 30.2. The maximum atomic E-state index is 14.5. The fraction of sp³-hybridized carbons (Fsp3) is 0.364. The van der Waals surface area contributed by atoms with Gasteiger partial charge in [-0.05, 0) is 85.3 Å². The summed E-state index contributed by atoms with van der Waals surface area (Å²) in [5, 5.41) is 21.2. The Hall–Kier alpha value is -5.64. The molecule has 3 aliphatic rings. The Bertz CT molecular complexity index is 1760. The van der Waals surface area contributed by atoms with Crippen molar-refractivity contribution in [1.29, 1.82) is 0 Å². The lowest BCUT2D eigenvalue weighted by atomic mass is 9.55. The van der Waals surface area contributed by atoms with Gasteiger partial charge in [-0.15, -0.1) is 0 Å². The van der Waals surface area contributed by atoms with Crippen LogP contribution in [0.1, 0.15) is 62.5 Å². The number of amides is 2. The number of rotatable bonds is 14. The standard InChI is InChI=1S/C44H46N2O8/c47-41(45(31-11-7-8-12-31)27-29-19-23-35(24-20-29)53-33-15-3-1-4-16-33)37-39(43(49)50)38(40(37)44(51)52)42(48)46(32-13-9-10-14-32)28-30-21-25-36(26-22-30)54-34-17-5-2-6-18-34/h1-6,15-26,31-32,37-40H,7-14,27-28H2,(H,49,50)(H,51,52). The quantitative estimate of drug-likeness (QED) is 0.133. The third-order valence-electron chi connectivity index (χ3n) is 11.3. The van der Waals surface area contributed by atoms with E-state index in [-0.39, 0.29) is 25.2 Å². The largest absolute Gasteiger partial charge is 0.481 e. The van der Waals surface area contributed by atoms with Crippen LogP contribution in [0.3, 0.4) is 0 Å². The molecular weight excluding hydrogens is 684 g/mol. The zero-order valence-corrected chi connectivity index (χ0v) is 30.2. The molecular formula is C44H46N2O8. The van der Waals surface area contributed by atoms with Gasteiger partial charge in [0.05, 0.1) is 23.7 Å². The van der Waals surface area contributed by atoms with E-state index in [0.717, 1.165) is 62.5 Å². The summed E-state index contributed by atoms with van der Waals surface area (Å²) in [6, 6.07) is 33.2. The van der Waals surface area contributed by atoms with Crippen LogP contribution in [0.15, 0.2) is 109 Å². The van der Waals surface area contributed by atoms with E-state index in [2.05, 4.69) is 0 Å². The lowest BCUT2D eigenvalue weighted by Gasteiger charge is -2.49. The van der Waals surface area contributed by atoms with Crippen molar-refractivity contribution in [2.45, 2.75) is 76.5 Å². The second-order valence-electron chi connectivity index (χ2n) is 14.7. The third kappa shape index (κ3) is 8.12. The molecule has 0 unspecified atom stereocenters. The van der Waals surface area contributed by atoms with Crippen LogP contribution in [0, 0.1) is 23.7 Å². The molecule has 54 heavy (non-hydrogen) atoms. The third-order valence-corrected chi connectivity index (χ3v) is 11.3. The summed E-state index contributed by atoms with van der Waals surface area (Å²) >= 11 is 0. The second kappa shape index (κ2) is 16.6. The Morgan fingerprint density at radius 1 is 0.463 bits per heavy atom. The number of carboxylic acid groups (broad SMARTS) is 2. The molecule has 280 valence electrons. The van der Waals surface area contributed by atoms with E-state index in [0.29, 0.717) is 23.0 Å². The van der Waals surface area contributed by atoms with Gasteiger partial charge in [0.2, 0.25) is 11.8 Å². The molecule has 0 radical (unpaired) electrons. The van der Waals surface area contributed by atoms with E-state index >= 15 is 0 Å². The van der Waals surface area contributed by atoms with Gasteiger partial charge in [-0.1, -0.05) is 86.3 Å². The molecule has 3 saturated carbocycles. The molecule has 0 atom stereocenters. The van der Waals surface area contributed by atoms with Gasteiger partial charge in [-0.25, -0.2) is 0 Å². The summed E-state index contributed by atoms with van der Waals surface area (Å²) < 4.78 is 11.9. The molecule has 0 heterocycles. The van der Waals surface area contributed by atoms with Crippen molar-refractivity contribution in [1.82, 2.24) is 9.80 Å².